The molecule has 2 rings (SSSR count). The highest BCUT2D eigenvalue weighted by atomic mass is 32.2. The SMILES string of the molecule is Cc1ccc(CN(C)C)cc1NS(=O)(=O)c1cc(C#N)ccc1C. The van der Waals surface area contributed by atoms with Crippen LogP contribution in [0.4, 0.5) is 5.69 Å². The van der Waals surface area contributed by atoms with Crippen LogP contribution in [-0.2, 0) is 16.6 Å². The molecule has 2 aromatic carbocycles. The minimum absolute atomic E-state index is 0.124. The molecule has 6 heteroatoms. The van der Waals surface area contributed by atoms with Crippen molar-refractivity contribution in [2.24, 2.45) is 0 Å². The summed E-state index contributed by atoms with van der Waals surface area (Å²) in [6.45, 7) is 4.29. The Morgan fingerprint density at radius 1 is 1.08 bits per heavy atom. The summed E-state index contributed by atoms with van der Waals surface area (Å²) < 4.78 is 28.1. The van der Waals surface area contributed by atoms with Gasteiger partial charge in [0.05, 0.1) is 22.2 Å². The van der Waals surface area contributed by atoms with Gasteiger partial charge in [0.2, 0.25) is 0 Å². The van der Waals surface area contributed by atoms with E-state index in [1.54, 1.807) is 19.1 Å². The van der Waals surface area contributed by atoms with Gasteiger partial charge in [-0.15, -0.1) is 0 Å². The Balaban J connectivity index is 2.41. The second kappa shape index (κ2) is 7.04. The zero-order valence-corrected chi connectivity index (χ0v) is 15.1. The van der Waals surface area contributed by atoms with E-state index in [4.69, 9.17) is 5.26 Å². The Morgan fingerprint density at radius 3 is 2.38 bits per heavy atom. The van der Waals surface area contributed by atoms with Crippen molar-refractivity contribution in [2.75, 3.05) is 18.8 Å². The van der Waals surface area contributed by atoms with Crippen molar-refractivity contribution in [3.63, 3.8) is 0 Å². The fourth-order valence-corrected chi connectivity index (χ4v) is 3.79. The first kappa shape index (κ1) is 18.0. The van der Waals surface area contributed by atoms with Gasteiger partial charge in [-0.25, -0.2) is 8.42 Å². The maximum atomic E-state index is 12.7. The molecule has 0 aromatic heterocycles. The van der Waals surface area contributed by atoms with E-state index < -0.39 is 10.0 Å². The highest BCUT2D eigenvalue weighted by molar-refractivity contribution is 7.92. The van der Waals surface area contributed by atoms with Gasteiger partial charge in [-0.2, -0.15) is 5.26 Å². The largest absolute Gasteiger partial charge is 0.305 e. The van der Waals surface area contributed by atoms with Gasteiger partial charge in [0, 0.05) is 6.54 Å². The first-order valence-corrected chi connectivity index (χ1v) is 8.99. The second-order valence-corrected chi connectivity index (χ2v) is 7.74. The number of nitriles is 1. The van der Waals surface area contributed by atoms with Gasteiger partial charge >= 0.3 is 0 Å². The summed E-state index contributed by atoms with van der Waals surface area (Å²) in [5.74, 6) is 0. The van der Waals surface area contributed by atoms with E-state index in [1.807, 2.05) is 50.2 Å². The van der Waals surface area contributed by atoms with Crippen molar-refractivity contribution < 1.29 is 8.42 Å². The second-order valence-electron chi connectivity index (χ2n) is 6.08. The van der Waals surface area contributed by atoms with E-state index in [0.717, 1.165) is 17.7 Å². The van der Waals surface area contributed by atoms with Gasteiger partial charge < -0.3 is 4.90 Å². The molecule has 5 nitrogen and oxygen atoms in total. The smallest absolute Gasteiger partial charge is 0.262 e. The van der Waals surface area contributed by atoms with Gasteiger partial charge in [-0.3, -0.25) is 4.72 Å². The Kier molecular flexibility index (Phi) is 5.27. The maximum absolute atomic E-state index is 12.7. The lowest BCUT2D eigenvalue weighted by Gasteiger charge is -2.15. The van der Waals surface area contributed by atoms with E-state index in [0.29, 0.717) is 16.8 Å². The third-order valence-corrected chi connectivity index (χ3v) is 5.16. The van der Waals surface area contributed by atoms with Crippen molar-refractivity contribution >= 4 is 15.7 Å². The summed E-state index contributed by atoms with van der Waals surface area (Å²) in [6.07, 6.45) is 0. The van der Waals surface area contributed by atoms with Crippen molar-refractivity contribution in [2.45, 2.75) is 25.3 Å². The predicted molar refractivity (Wildman–Crippen MR) is 95.3 cm³/mol. The first-order chi connectivity index (χ1) is 11.2. The molecule has 0 unspecified atom stereocenters. The zero-order valence-electron chi connectivity index (χ0n) is 14.3. The maximum Gasteiger partial charge on any atom is 0.262 e. The van der Waals surface area contributed by atoms with E-state index in [1.165, 1.54) is 6.07 Å². The fraction of sp³-hybridized carbons (Fsp3) is 0.278. The summed E-state index contributed by atoms with van der Waals surface area (Å²) in [5.41, 5.74) is 3.33. The molecule has 24 heavy (non-hydrogen) atoms. The van der Waals surface area contributed by atoms with Crippen LogP contribution >= 0.6 is 0 Å². The molecule has 0 saturated carbocycles. The van der Waals surface area contributed by atoms with E-state index >= 15 is 0 Å². The van der Waals surface area contributed by atoms with Gasteiger partial charge in [0.25, 0.3) is 10.0 Å². The number of benzene rings is 2. The normalized spacial score (nSPS) is 11.3. The summed E-state index contributed by atoms with van der Waals surface area (Å²) >= 11 is 0. The Labute approximate surface area is 143 Å². The average molecular weight is 343 g/mol. The van der Waals surface area contributed by atoms with E-state index in [2.05, 4.69) is 4.72 Å². The van der Waals surface area contributed by atoms with Crippen LogP contribution < -0.4 is 4.72 Å². The van der Waals surface area contributed by atoms with Crippen LogP contribution in [0.25, 0.3) is 0 Å². The third kappa shape index (κ3) is 4.13. The lowest BCUT2D eigenvalue weighted by molar-refractivity contribution is 0.402. The number of aryl methyl sites for hydroxylation is 2. The highest BCUT2D eigenvalue weighted by Crippen LogP contribution is 2.24. The molecular weight excluding hydrogens is 322 g/mol. The topological polar surface area (TPSA) is 73.2 Å². The molecule has 0 aliphatic rings. The standard InChI is InChI=1S/C18H21N3O2S/c1-13-5-8-16(12-21(3)4)9-17(13)20-24(22,23)18-10-15(11-19)7-6-14(18)2/h5-10,20H,12H2,1-4H3. The molecule has 0 aliphatic heterocycles. The van der Waals surface area contributed by atoms with Gasteiger partial charge in [0.1, 0.15) is 0 Å². The quantitative estimate of drug-likeness (QED) is 0.905. The molecule has 1 N–H and O–H groups in total. The molecular formula is C18H21N3O2S. The lowest BCUT2D eigenvalue weighted by atomic mass is 10.1. The molecule has 0 bridgehead atoms. The Hall–Kier alpha value is -2.36. The van der Waals surface area contributed by atoms with Crippen molar-refractivity contribution in [1.82, 2.24) is 4.90 Å². The number of rotatable bonds is 5. The van der Waals surface area contributed by atoms with Crippen LogP contribution in [0.1, 0.15) is 22.3 Å². The van der Waals surface area contributed by atoms with Gasteiger partial charge in [0.15, 0.2) is 0 Å². The molecule has 2 aromatic rings. The molecule has 0 radical (unpaired) electrons. The van der Waals surface area contributed by atoms with Crippen molar-refractivity contribution in [1.29, 1.82) is 5.26 Å². The van der Waals surface area contributed by atoms with Crippen molar-refractivity contribution in [3.8, 4) is 6.07 Å². The Bertz CT molecular complexity index is 897. The molecule has 0 saturated heterocycles. The minimum Gasteiger partial charge on any atom is -0.305 e. The molecule has 126 valence electrons. The number of anilines is 1. The van der Waals surface area contributed by atoms with Crippen LogP contribution in [0.3, 0.4) is 0 Å². The minimum atomic E-state index is -3.76. The van der Waals surface area contributed by atoms with Crippen LogP contribution in [-0.4, -0.2) is 27.4 Å². The van der Waals surface area contributed by atoms with Gasteiger partial charge in [-0.1, -0.05) is 18.2 Å². The Morgan fingerprint density at radius 2 is 1.75 bits per heavy atom. The van der Waals surface area contributed by atoms with Crippen LogP contribution in [0, 0.1) is 25.2 Å². The monoisotopic (exact) mass is 343 g/mol. The molecule has 0 atom stereocenters. The van der Waals surface area contributed by atoms with Crippen LogP contribution in [0.2, 0.25) is 0 Å². The number of nitrogens with one attached hydrogen (secondary N) is 1. The molecule has 0 heterocycles. The number of hydrogen-bond donors (Lipinski definition) is 1. The molecule has 0 fully saturated rings. The van der Waals surface area contributed by atoms with E-state index in [9.17, 15) is 8.42 Å². The summed E-state index contributed by atoms with van der Waals surface area (Å²) in [6, 6.07) is 12.3. The first-order valence-electron chi connectivity index (χ1n) is 7.51. The molecule has 0 amide bonds. The predicted octanol–water partition coefficient (Wildman–Crippen LogP) is 3.04. The average Bonchev–Trinajstić information content (AvgIpc) is 2.50. The van der Waals surface area contributed by atoms with Crippen LogP contribution in [0.15, 0.2) is 41.3 Å². The van der Waals surface area contributed by atoms with E-state index in [-0.39, 0.29) is 4.90 Å². The summed E-state index contributed by atoms with van der Waals surface area (Å²) in [4.78, 5) is 2.14. The lowest BCUT2D eigenvalue weighted by Crippen LogP contribution is -2.16. The van der Waals surface area contributed by atoms with Crippen LogP contribution in [0.5, 0.6) is 0 Å². The fourth-order valence-electron chi connectivity index (χ4n) is 2.40. The summed E-state index contributed by atoms with van der Waals surface area (Å²) in [5, 5.41) is 9.00. The van der Waals surface area contributed by atoms with Crippen molar-refractivity contribution in [3.05, 3.63) is 58.7 Å². The number of hydrogen-bond acceptors (Lipinski definition) is 4. The number of nitrogens with zero attached hydrogens (tertiary/aromatic N) is 2. The molecule has 0 spiro atoms. The van der Waals surface area contributed by atoms with Gasteiger partial charge in [-0.05, 0) is 62.8 Å². The number of sulfonamides is 1. The summed E-state index contributed by atoms with van der Waals surface area (Å²) in [7, 11) is 0.159. The highest BCUT2D eigenvalue weighted by Gasteiger charge is 2.18. The zero-order chi connectivity index (χ0) is 17.9. The molecule has 0 aliphatic carbocycles. The third-order valence-electron chi connectivity index (χ3n) is 3.65.